The van der Waals surface area contributed by atoms with Crippen LogP contribution in [0.3, 0.4) is 0 Å². The van der Waals surface area contributed by atoms with Gasteiger partial charge in [-0.3, -0.25) is 4.79 Å². The average Bonchev–Trinajstić information content (AvgIpc) is 2.83. The quantitative estimate of drug-likeness (QED) is 0.180. The molecule has 10 heteroatoms. The predicted octanol–water partition coefficient (Wildman–Crippen LogP) is 7.13. The smallest absolute Gasteiger partial charge is 0.418 e. The number of hydrogen-bond donors (Lipinski definition) is 1. The van der Waals surface area contributed by atoms with Crippen LogP contribution in [0.15, 0.2) is 70.7 Å². The van der Waals surface area contributed by atoms with Crippen LogP contribution in [-0.4, -0.2) is 12.5 Å². The van der Waals surface area contributed by atoms with Crippen molar-refractivity contribution in [3.63, 3.8) is 0 Å². The number of carbonyl (C=O) groups excluding carboxylic acids is 1. The van der Waals surface area contributed by atoms with Gasteiger partial charge in [0, 0.05) is 5.56 Å². The Hall–Kier alpha value is -3.84. The lowest BCUT2D eigenvalue weighted by molar-refractivity contribution is -0.137. The van der Waals surface area contributed by atoms with E-state index in [1.807, 2.05) is 0 Å². The van der Waals surface area contributed by atoms with Crippen LogP contribution < -0.4 is 14.8 Å². The van der Waals surface area contributed by atoms with E-state index in [-0.39, 0.29) is 24.7 Å². The second-order valence-electron chi connectivity index (χ2n) is 7.31. The maximum absolute atomic E-state index is 13.9. The van der Waals surface area contributed by atoms with Crippen molar-refractivity contribution in [1.29, 1.82) is 5.26 Å². The zero-order valence-electron chi connectivity index (χ0n) is 18.8. The lowest BCUT2D eigenvalue weighted by Crippen LogP contribution is -2.17. The van der Waals surface area contributed by atoms with Crippen molar-refractivity contribution in [2.75, 3.05) is 11.9 Å². The Morgan fingerprint density at radius 3 is 2.47 bits per heavy atom. The van der Waals surface area contributed by atoms with E-state index in [2.05, 4.69) is 21.2 Å². The minimum Gasteiger partial charge on any atom is -0.490 e. The van der Waals surface area contributed by atoms with E-state index in [1.54, 1.807) is 31.2 Å². The SMILES string of the molecule is CCOc1cc(/C=C(\C#N)C(=O)Nc2ccccc2C(F)(F)F)cc(Br)c1OCc1ccccc1F. The average molecular weight is 563 g/mol. The number of hydrogen-bond acceptors (Lipinski definition) is 4. The van der Waals surface area contributed by atoms with Crippen LogP contribution in [0.4, 0.5) is 23.2 Å². The molecule has 0 atom stereocenters. The third-order valence-corrected chi connectivity index (χ3v) is 5.41. The predicted molar refractivity (Wildman–Crippen MR) is 130 cm³/mol. The molecular formula is C26H19BrF4N2O3. The van der Waals surface area contributed by atoms with Crippen molar-refractivity contribution in [2.45, 2.75) is 19.7 Å². The fraction of sp³-hybridized carbons (Fsp3) is 0.154. The van der Waals surface area contributed by atoms with Gasteiger partial charge in [-0.05, 0) is 64.8 Å². The highest BCUT2D eigenvalue weighted by Crippen LogP contribution is 2.38. The molecule has 0 aliphatic rings. The van der Waals surface area contributed by atoms with Crippen LogP contribution in [0.2, 0.25) is 0 Å². The molecule has 3 aromatic rings. The first kappa shape index (κ1) is 26.8. The van der Waals surface area contributed by atoms with E-state index in [4.69, 9.17) is 9.47 Å². The molecule has 0 radical (unpaired) electrons. The van der Waals surface area contributed by atoms with Crippen molar-refractivity contribution < 1.29 is 31.8 Å². The Balaban J connectivity index is 1.89. The standard InChI is InChI=1S/C26H19BrF4N2O3/c1-2-35-23-13-16(12-20(27)24(23)36-15-17-7-3-5-9-21(17)28)11-18(14-32)25(34)33-22-10-6-4-8-19(22)26(29,30)31/h3-13H,2,15H2,1H3,(H,33,34)/b18-11+. The summed E-state index contributed by atoms with van der Waals surface area (Å²) in [5.41, 5.74) is -1.25. The van der Waals surface area contributed by atoms with Gasteiger partial charge in [0.05, 0.1) is 22.3 Å². The lowest BCUT2D eigenvalue weighted by atomic mass is 10.1. The molecular weight excluding hydrogens is 544 g/mol. The molecule has 0 aliphatic heterocycles. The van der Waals surface area contributed by atoms with Gasteiger partial charge in [-0.15, -0.1) is 0 Å². The number of nitrogens with one attached hydrogen (secondary N) is 1. The van der Waals surface area contributed by atoms with Crippen molar-refractivity contribution in [3.8, 4) is 17.6 Å². The molecule has 0 heterocycles. The first-order valence-electron chi connectivity index (χ1n) is 10.6. The van der Waals surface area contributed by atoms with Crippen LogP contribution in [0.25, 0.3) is 6.08 Å². The Bertz CT molecular complexity index is 1330. The normalized spacial score (nSPS) is 11.5. The largest absolute Gasteiger partial charge is 0.490 e. The third-order valence-electron chi connectivity index (χ3n) is 4.82. The van der Waals surface area contributed by atoms with Gasteiger partial charge in [0.2, 0.25) is 0 Å². The molecule has 1 N–H and O–H groups in total. The van der Waals surface area contributed by atoms with Gasteiger partial charge in [0.1, 0.15) is 24.1 Å². The van der Waals surface area contributed by atoms with Crippen LogP contribution in [0, 0.1) is 17.1 Å². The molecule has 0 unspecified atom stereocenters. The maximum atomic E-state index is 13.9. The third kappa shape index (κ3) is 6.64. The summed E-state index contributed by atoms with van der Waals surface area (Å²) in [7, 11) is 0. The monoisotopic (exact) mass is 562 g/mol. The molecule has 0 bridgehead atoms. The zero-order valence-corrected chi connectivity index (χ0v) is 20.4. The van der Waals surface area contributed by atoms with E-state index in [9.17, 15) is 27.6 Å². The minimum absolute atomic E-state index is 0.0784. The lowest BCUT2D eigenvalue weighted by Gasteiger charge is -2.15. The van der Waals surface area contributed by atoms with Gasteiger partial charge in [0.25, 0.3) is 5.91 Å². The van der Waals surface area contributed by atoms with Crippen LogP contribution >= 0.6 is 15.9 Å². The summed E-state index contributed by atoms with van der Waals surface area (Å²) in [6.45, 7) is 1.92. The summed E-state index contributed by atoms with van der Waals surface area (Å²) in [5.74, 6) is -0.903. The van der Waals surface area contributed by atoms with E-state index < -0.39 is 34.7 Å². The number of ether oxygens (including phenoxy) is 2. The summed E-state index contributed by atoms with van der Waals surface area (Å²) in [4.78, 5) is 12.6. The highest BCUT2D eigenvalue weighted by molar-refractivity contribution is 9.10. The second-order valence-corrected chi connectivity index (χ2v) is 8.16. The Kier molecular flexibility index (Phi) is 8.72. The van der Waals surface area contributed by atoms with Gasteiger partial charge in [-0.2, -0.15) is 18.4 Å². The van der Waals surface area contributed by atoms with Gasteiger partial charge >= 0.3 is 6.18 Å². The molecule has 0 fully saturated rings. The van der Waals surface area contributed by atoms with Crippen molar-refractivity contribution >= 4 is 33.6 Å². The van der Waals surface area contributed by atoms with Gasteiger partial charge < -0.3 is 14.8 Å². The van der Waals surface area contributed by atoms with E-state index in [0.717, 1.165) is 12.1 Å². The molecule has 0 aliphatic carbocycles. The Morgan fingerprint density at radius 1 is 1.11 bits per heavy atom. The highest BCUT2D eigenvalue weighted by Gasteiger charge is 2.33. The van der Waals surface area contributed by atoms with Crippen LogP contribution in [0.1, 0.15) is 23.6 Å². The topological polar surface area (TPSA) is 71.3 Å². The Morgan fingerprint density at radius 2 is 1.81 bits per heavy atom. The van der Waals surface area contributed by atoms with E-state index >= 15 is 0 Å². The van der Waals surface area contributed by atoms with Crippen LogP contribution in [-0.2, 0) is 17.6 Å². The number of nitriles is 1. The fourth-order valence-corrected chi connectivity index (χ4v) is 3.76. The second kappa shape index (κ2) is 11.7. The number of carbonyl (C=O) groups is 1. The van der Waals surface area contributed by atoms with E-state index in [1.165, 1.54) is 36.4 Å². The number of halogens is 5. The van der Waals surface area contributed by atoms with Gasteiger partial charge in [0.15, 0.2) is 11.5 Å². The number of para-hydroxylation sites is 1. The zero-order chi connectivity index (χ0) is 26.3. The van der Waals surface area contributed by atoms with Crippen molar-refractivity contribution in [2.24, 2.45) is 0 Å². The molecule has 5 nitrogen and oxygen atoms in total. The summed E-state index contributed by atoms with van der Waals surface area (Å²) < 4.78 is 65.4. The summed E-state index contributed by atoms with van der Waals surface area (Å²) in [6, 6.07) is 15.3. The minimum atomic E-state index is -4.68. The first-order valence-corrected chi connectivity index (χ1v) is 11.3. The molecule has 0 saturated heterocycles. The van der Waals surface area contributed by atoms with Gasteiger partial charge in [-0.25, -0.2) is 4.39 Å². The number of amides is 1. The Labute approximate surface area is 213 Å². The van der Waals surface area contributed by atoms with E-state index in [0.29, 0.717) is 15.6 Å². The summed E-state index contributed by atoms with van der Waals surface area (Å²) >= 11 is 3.36. The molecule has 36 heavy (non-hydrogen) atoms. The maximum Gasteiger partial charge on any atom is 0.418 e. The highest BCUT2D eigenvalue weighted by atomic mass is 79.9. The molecule has 3 rings (SSSR count). The molecule has 186 valence electrons. The fourth-order valence-electron chi connectivity index (χ4n) is 3.18. The summed E-state index contributed by atoms with van der Waals surface area (Å²) in [6.07, 6.45) is -3.48. The van der Waals surface area contributed by atoms with Gasteiger partial charge in [-0.1, -0.05) is 30.3 Å². The van der Waals surface area contributed by atoms with Crippen molar-refractivity contribution in [1.82, 2.24) is 0 Å². The molecule has 1 amide bonds. The number of rotatable bonds is 8. The molecule has 0 aromatic heterocycles. The summed E-state index contributed by atoms with van der Waals surface area (Å²) in [5, 5.41) is 11.6. The van der Waals surface area contributed by atoms with Crippen molar-refractivity contribution in [3.05, 3.63) is 93.2 Å². The van der Waals surface area contributed by atoms with Crippen LogP contribution in [0.5, 0.6) is 11.5 Å². The number of nitrogens with zero attached hydrogens (tertiary/aromatic N) is 1. The number of benzene rings is 3. The first-order chi connectivity index (χ1) is 17.1. The molecule has 3 aromatic carbocycles. The molecule has 0 saturated carbocycles. The molecule has 0 spiro atoms. The number of alkyl halides is 3. The number of anilines is 1.